The number of anilines is 1. The Morgan fingerprint density at radius 3 is 2.46 bits per heavy atom. The summed E-state index contributed by atoms with van der Waals surface area (Å²) in [6.07, 6.45) is 4.91. The molecule has 24 heavy (non-hydrogen) atoms. The van der Waals surface area contributed by atoms with Crippen LogP contribution in [0.25, 0.3) is 0 Å². The van der Waals surface area contributed by atoms with E-state index in [-0.39, 0.29) is 23.4 Å². The van der Waals surface area contributed by atoms with Gasteiger partial charge in [0.2, 0.25) is 5.91 Å². The number of nitro benzene ring substituents is 1. The number of carboxylic acids is 1. The van der Waals surface area contributed by atoms with Crippen molar-refractivity contribution < 1.29 is 19.6 Å². The number of fused-ring (bicyclic) bond motifs is 1. The van der Waals surface area contributed by atoms with Gasteiger partial charge in [-0.1, -0.05) is 18.2 Å². The number of aliphatic carboxylic acids is 1. The first-order valence-corrected chi connectivity index (χ1v) is 7.94. The van der Waals surface area contributed by atoms with E-state index >= 15 is 0 Å². The average Bonchev–Trinajstić information content (AvgIpc) is 3.36. The maximum Gasteiger partial charge on any atom is 0.307 e. The zero-order chi connectivity index (χ0) is 17.0. The monoisotopic (exact) mass is 328 g/mol. The molecule has 4 aliphatic carbocycles. The number of carbonyl (C=O) groups is 2. The molecule has 1 aromatic rings. The number of nitrogens with one attached hydrogen (secondary N) is 1. The predicted octanol–water partition coefficient (Wildman–Crippen LogP) is 2.30. The average molecular weight is 328 g/mol. The van der Waals surface area contributed by atoms with Gasteiger partial charge in [-0.3, -0.25) is 19.7 Å². The lowest BCUT2D eigenvalue weighted by Gasteiger charge is -2.41. The van der Waals surface area contributed by atoms with Gasteiger partial charge in [-0.25, -0.2) is 0 Å². The molecule has 1 aromatic carbocycles. The van der Waals surface area contributed by atoms with Gasteiger partial charge in [-0.2, -0.15) is 0 Å². The molecule has 5 rings (SSSR count). The number of hydrogen-bond donors (Lipinski definition) is 2. The molecule has 0 heterocycles. The fourth-order valence-corrected chi connectivity index (χ4v) is 4.49. The van der Waals surface area contributed by atoms with E-state index in [9.17, 15) is 24.8 Å². The Hall–Kier alpha value is -2.70. The lowest BCUT2D eigenvalue weighted by atomic mass is 9.62. The second kappa shape index (κ2) is 5.15. The van der Waals surface area contributed by atoms with Crippen molar-refractivity contribution in [3.8, 4) is 0 Å². The van der Waals surface area contributed by atoms with E-state index < -0.39 is 22.7 Å². The van der Waals surface area contributed by atoms with Gasteiger partial charge in [0.15, 0.2) is 0 Å². The molecule has 0 saturated heterocycles. The third kappa shape index (κ3) is 2.19. The zero-order valence-corrected chi connectivity index (χ0v) is 12.7. The van der Waals surface area contributed by atoms with Gasteiger partial charge in [-0.15, -0.1) is 0 Å². The molecule has 7 nitrogen and oxygen atoms in total. The van der Waals surface area contributed by atoms with Crippen LogP contribution in [-0.4, -0.2) is 21.9 Å². The van der Waals surface area contributed by atoms with Crippen LogP contribution >= 0.6 is 0 Å². The minimum absolute atomic E-state index is 0.0557. The van der Waals surface area contributed by atoms with Gasteiger partial charge < -0.3 is 10.4 Å². The van der Waals surface area contributed by atoms with Gasteiger partial charge in [0.25, 0.3) is 5.69 Å². The quantitative estimate of drug-likeness (QED) is 0.501. The molecule has 2 bridgehead atoms. The van der Waals surface area contributed by atoms with Crippen LogP contribution in [0.15, 0.2) is 36.4 Å². The number of hydrogen-bond acceptors (Lipinski definition) is 4. The van der Waals surface area contributed by atoms with Crippen molar-refractivity contribution in [3.05, 3.63) is 46.5 Å². The molecule has 1 amide bonds. The number of rotatable bonds is 4. The Morgan fingerprint density at radius 2 is 1.83 bits per heavy atom. The Kier molecular flexibility index (Phi) is 3.19. The smallest absolute Gasteiger partial charge is 0.307 e. The highest BCUT2D eigenvalue weighted by atomic mass is 16.6. The first kappa shape index (κ1) is 14.9. The molecule has 0 radical (unpaired) electrons. The molecule has 7 heteroatoms. The molecule has 6 atom stereocenters. The summed E-state index contributed by atoms with van der Waals surface area (Å²) in [6.45, 7) is 0. The molecule has 2 fully saturated rings. The highest BCUT2D eigenvalue weighted by Gasteiger charge is 2.62. The predicted molar refractivity (Wildman–Crippen MR) is 84.1 cm³/mol. The summed E-state index contributed by atoms with van der Waals surface area (Å²) >= 11 is 0. The summed E-state index contributed by atoms with van der Waals surface area (Å²) in [4.78, 5) is 34.8. The van der Waals surface area contributed by atoms with E-state index in [1.807, 2.05) is 12.2 Å². The molecule has 4 aliphatic rings. The summed E-state index contributed by atoms with van der Waals surface area (Å²) in [7, 11) is 0. The minimum Gasteiger partial charge on any atom is -0.481 e. The number of non-ortho nitro benzene ring substituents is 1. The third-order valence-electron chi connectivity index (χ3n) is 5.56. The van der Waals surface area contributed by atoms with Crippen molar-refractivity contribution in [2.45, 2.75) is 6.42 Å². The first-order chi connectivity index (χ1) is 11.5. The van der Waals surface area contributed by atoms with Crippen LogP contribution in [0.1, 0.15) is 6.42 Å². The summed E-state index contributed by atoms with van der Waals surface area (Å²) in [5, 5.41) is 23.1. The maximum absolute atomic E-state index is 12.7. The molecule has 0 aromatic heterocycles. The van der Waals surface area contributed by atoms with Gasteiger partial charge in [-0.05, 0) is 36.2 Å². The number of nitrogens with zero attached hydrogens (tertiary/aromatic N) is 1. The number of nitro groups is 1. The van der Waals surface area contributed by atoms with Gasteiger partial charge in [0.05, 0.1) is 16.8 Å². The summed E-state index contributed by atoms with van der Waals surface area (Å²) in [5.74, 6) is -2.01. The van der Waals surface area contributed by atoms with Gasteiger partial charge in [0.1, 0.15) is 0 Å². The highest BCUT2D eigenvalue weighted by molar-refractivity contribution is 5.96. The van der Waals surface area contributed by atoms with E-state index in [1.165, 1.54) is 18.2 Å². The zero-order valence-electron chi connectivity index (χ0n) is 12.7. The van der Waals surface area contributed by atoms with Crippen molar-refractivity contribution in [1.29, 1.82) is 0 Å². The largest absolute Gasteiger partial charge is 0.481 e. The van der Waals surface area contributed by atoms with Crippen LogP contribution in [0.2, 0.25) is 0 Å². The van der Waals surface area contributed by atoms with Gasteiger partial charge in [0, 0.05) is 17.8 Å². The standard InChI is InChI=1S/C17H16N2O5/c20-16(18-8-2-1-3-9(6-8)19(23)24)14-10-4-5-11(13-7-12(10)13)15(14)17(21)22/h1-6,10-15H,7H2,(H,18,20)(H,21,22). The number of benzene rings is 1. The van der Waals surface area contributed by atoms with Crippen molar-refractivity contribution in [2.24, 2.45) is 35.5 Å². The number of carboxylic acid groups (broad SMARTS) is 1. The number of carbonyl (C=O) groups excluding carboxylic acids is 1. The minimum atomic E-state index is -0.945. The topological polar surface area (TPSA) is 110 Å². The normalized spacial score (nSPS) is 35.2. The molecule has 2 N–H and O–H groups in total. The van der Waals surface area contributed by atoms with Crippen LogP contribution in [0.4, 0.5) is 11.4 Å². The first-order valence-electron chi connectivity index (χ1n) is 7.94. The van der Waals surface area contributed by atoms with Crippen LogP contribution < -0.4 is 5.32 Å². The van der Waals surface area contributed by atoms with E-state index in [4.69, 9.17) is 0 Å². The molecule has 6 unspecified atom stereocenters. The molecule has 2 saturated carbocycles. The Bertz CT molecular complexity index is 774. The van der Waals surface area contributed by atoms with E-state index in [2.05, 4.69) is 5.32 Å². The van der Waals surface area contributed by atoms with E-state index in [1.54, 1.807) is 6.07 Å². The third-order valence-corrected chi connectivity index (χ3v) is 5.56. The summed E-state index contributed by atoms with van der Waals surface area (Å²) in [5.41, 5.74) is 0.200. The molecule has 124 valence electrons. The molecular weight excluding hydrogens is 312 g/mol. The summed E-state index contributed by atoms with van der Waals surface area (Å²) in [6, 6.07) is 5.68. The second-order valence-electron chi connectivity index (χ2n) is 6.79. The van der Waals surface area contributed by atoms with Crippen LogP contribution in [0.3, 0.4) is 0 Å². The Labute approximate surface area is 137 Å². The Balaban J connectivity index is 1.59. The summed E-state index contributed by atoms with van der Waals surface area (Å²) < 4.78 is 0. The van der Waals surface area contributed by atoms with Crippen LogP contribution in [0, 0.1) is 45.6 Å². The van der Waals surface area contributed by atoms with Crippen LogP contribution in [0.5, 0.6) is 0 Å². The molecule has 0 spiro atoms. The van der Waals surface area contributed by atoms with E-state index in [0.29, 0.717) is 17.5 Å². The lowest BCUT2D eigenvalue weighted by Crippen LogP contribution is -2.48. The van der Waals surface area contributed by atoms with Crippen molar-refractivity contribution in [1.82, 2.24) is 0 Å². The van der Waals surface area contributed by atoms with Gasteiger partial charge >= 0.3 is 5.97 Å². The number of allylic oxidation sites excluding steroid dienone is 2. The molecular formula is C17H16N2O5. The number of amides is 1. The fourth-order valence-electron chi connectivity index (χ4n) is 4.49. The lowest BCUT2D eigenvalue weighted by molar-refractivity contribution is -0.384. The van der Waals surface area contributed by atoms with Crippen molar-refractivity contribution in [3.63, 3.8) is 0 Å². The van der Waals surface area contributed by atoms with Crippen LogP contribution in [-0.2, 0) is 9.59 Å². The SMILES string of the molecule is O=C(O)C1C2C=CC(C3CC23)C1C(=O)Nc1cccc([N+](=O)[O-])c1. The maximum atomic E-state index is 12.7. The molecule has 0 aliphatic heterocycles. The second-order valence-corrected chi connectivity index (χ2v) is 6.79. The van der Waals surface area contributed by atoms with Crippen molar-refractivity contribution >= 4 is 23.3 Å². The van der Waals surface area contributed by atoms with Crippen molar-refractivity contribution in [2.75, 3.05) is 5.32 Å². The van der Waals surface area contributed by atoms with E-state index in [0.717, 1.165) is 6.42 Å². The highest BCUT2D eigenvalue weighted by Crippen LogP contribution is 2.63. The fraction of sp³-hybridized carbons (Fsp3) is 0.412. The Morgan fingerprint density at radius 1 is 1.17 bits per heavy atom.